The van der Waals surface area contributed by atoms with Crippen molar-refractivity contribution in [3.05, 3.63) is 41.1 Å². The number of nitrogens with two attached hydrogens (primary N) is 1. The number of nitrogens with one attached hydrogen (secondary N) is 2. The minimum Gasteiger partial charge on any atom is -0.382 e. The molecular weight excluding hydrogens is 244 g/mol. The van der Waals surface area contributed by atoms with E-state index in [0.29, 0.717) is 23.6 Å². The molecule has 0 bridgehead atoms. The van der Waals surface area contributed by atoms with Gasteiger partial charge in [0.15, 0.2) is 5.82 Å². The number of ether oxygens (including phenoxy) is 1. The number of rotatable bonds is 4. The second-order valence-electron chi connectivity index (χ2n) is 4.15. The molecule has 0 spiro atoms. The quantitative estimate of drug-likeness (QED) is 0.780. The van der Waals surface area contributed by atoms with Crippen LogP contribution >= 0.6 is 0 Å². The summed E-state index contributed by atoms with van der Waals surface area (Å²) in [6.45, 7) is 2.18. The zero-order valence-corrected chi connectivity index (χ0v) is 10.9. The van der Waals surface area contributed by atoms with Crippen LogP contribution in [0.5, 0.6) is 0 Å². The average molecular weight is 260 g/mol. The van der Waals surface area contributed by atoms with Gasteiger partial charge in [0.2, 0.25) is 0 Å². The summed E-state index contributed by atoms with van der Waals surface area (Å²) in [5, 5.41) is 9.31. The van der Waals surface area contributed by atoms with Gasteiger partial charge >= 0.3 is 0 Å². The van der Waals surface area contributed by atoms with E-state index in [1.165, 1.54) is 0 Å². The summed E-state index contributed by atoms with van der Waals surface area (Å²) in [6.07, 6.45) is 0. The van der Waals surface area contributed by atoms with Crippen LogP contribution in [-0.4, -0.2) is 23.2 Å². The number of hydrogen-bond donors (Lipinski definition) is 3. The lowest BCUT2D eigenvalue weighted by molar-refractivity contribution is 0.102. The van der Waals surface area contributed by atoms with Crippen molar-refractivity contribution < 1.29 is 9.53 Å². The Balaban J connectivity index is 2.24. The van der Waals surface area contributed by atoms with Crippen molar-refractivity contribution in [2.24, 2.45) is 0 Å². The molecule has 0 aliphatic carbocycles. The van der Waals surface area contributed by atoms with E-state index in [-0.39, 0.29) is 11.7 Å². The van der Waals surface area contributed by atoms with Crippen molar-refractivity contribution in [1.82, 2.24) is 10.2 Å². The smallest absolute Gasteiger partial charge is 0.261 e. The second kappa shape index (κ2) is 5.53. The van der Waals surface area contributed by atoms with Gasteiger partial charge in [-0.05, 0) is 13.0 Å². The number of anilines is 2. The number of H-pyrrole nitrogens is 1. The van der Waals surface area contributed by atoms with Crippen molar-refractivity contribution in [3.8, 4) is 0 Å². The van der Waals surface area contributed by atoms with Crippen molar-refractivity contribution in [3.63, 3.8) is 0 Å². The number of aryl methyl sites for hydroxylation is 1. The summed E-state index contributed by atoms with van der Waals surface area (Å²) in [4.78, 5) is 12.2. The van der Waals surface area contributed by atoms with Gasteiger partial charge in [0.25, 0.3) is 5.91 Å². The lowest BCUT2D eigenvalue weighted by Crippen LogP contribution is -2.15. The van der Waals surface area contributed by atoms with E-state index in [2.05, 4.69) is 15.5 Å². The van der Waals surface area contributed by atoms with Crippen LogP contribution in [-0.2, 0) is 11.3 Å². The molecular formula is C13H16N4O2. The summed E-state index contributed by atoms with van der Waals surface area (Å²) in [7, 11) is 1.61. The highest BCUT2D eigenvalue weighted by Gasteiger charge is 2.17. The molecule has 19 heavy (non-hydrogen) atoms. The van der Waals surface area contributed by atoms with E-state index in [0.717, 1.165) is 5.56 Å². The molecule has 0 aliphatic rings. The molecule has 1 heterocycles. The number of carbonyl (C=O) groups is 1. The summed E-state index contributed by atoms with van der Waals surface area (Å²) in [6, 6.07) is 7.45. The fourth-order valence-electron chi connectivity index (χ4n) is 1.84. The number of methoxy groups -OCH3 is 1. The maximum atomic E-state index is 12.2. The summed E-state index contributed by atoms with van der Waals surface area (Å²) >= 11 is 0. The first-order chi connectivity index (χ1) is 9.13. The normalized spacial score (nSPS) is 10.4. The Labute approximate surface area is 111 Å². The number of hydrogen-bond acceptors (Lipinski definition) is 4. The number of para-hydroxylation sites is 1. The second-order valence-corrected chi connectivity index (χ2v) is 4.15. The molecule has 1 aromatic carbocycles. The zero-order chi connectivity index (χ0) is 13.8. The highest BCUT2D eigenvalue weighted by Crippen LogP contribution is 2.19. The van der Waals surface area contributed by atoms with Gasteiger partial charge in [0.1, 0.15) is 5.56 Å². The molecule has 1 aromatic heterocycles. The van der Waals surface area contributed by atoms with Crippen LogP contribution in [0.2, 0.25) is 0 Å². The molecule has 100 valence electrons. The van der Waals surface area contributed by atoms with Crippen LogP contribution in [0.15, 0.2) is 24.3 Å². The van der Waals surface area contributed by atoms with Crippen molar-refractivity contribution in [2.75, 3.05) is 18.2 Å². The Hall–Kier alpha value is -2.34. The highest BCUT2D eigenvalue weighted by molar-refractivity contribution is 6.08. The predicted octanol–water partition coefficient (Wildman–Crippen LogP) is 1.70. The van der Waals surface area contributed by atoms with E-state index in [9.17, 15) is 4.79 Å². The minimum atomic E-state index is -0.285. The molecule has 0 fully saturated rings. The lowest BCUT2D eigenvalue weighted by atomic mass is 10.1. The largest absolute Gasteiger partial charge is 0.382 e. The van der Waals surface area contributed by atoms with E-state index >= 15 is 0 Å². The summed E-state index contributed by atoms with van der Waals surface area (Å²) < 4.78 is 5.09. The first kappa shape index (κ1) is 13.1. The molecule has 0 saturated carbocycles. The molecule has 1 amide bonds. The molecule has 6 nitrogen and oxygen atoms in total. The van der Waals surface area contributed by atoms with E-state index in [1.54, 1.807) is 14.0 Å². The van der Waals surface area contributed by atoms with E-state index in [4.69, 9.17) is 10.5 Å². The Morgan fingerprint density at radius 2 is 2.21 bits per heavy atom. The third-order valence-electron chi connectivity index (χ3n) is 2.77. The molecule has 0 saturated heterocycles. The highest BCUT2D eigenvalue weighted by atomic mass is 16.5. The van der Waals surface area contributed by atoms with Gasteiger partial charge < -0.3 is 15.8 Å². The van der Waals surface area contributed by atoms with Gasteiger partial charge in [0.05, 0.1) is 6.61 Å². The number of amides is 1. The van der Waals surface area contributed by atoms with Gasteiger partial charge in [-0.25, -0.2) is 0 Å². The van der Waals surface area contributed by atoms with Crippen LogP contribution in [0.3, 0.4) is 0 Å². The number of benzene rings is 1. The van der Waals surface area contributed by atoms with Crippen LogP contribution in [0.25, 0.3) is 0 Å². The van der Waals surface area contributed by atoms with Gasteiger partial charge in [-0.3, -0.25) is 9.89 Å². The summed E-state index contributed by atoms with van der Waals surface area (Å²) in [5.74, 6) is -0.0912. The summed E-state index contributed by atoms with van der Waals surface area (Å²) in [5.41, 5.74) is 8.27. The standard InChI is InChI=1S/C13H16N4O2/c1-8-11(12(14)17-16-8)13(18)15-10-6-4-3-5-9(10)7-19-2/h3-6H,7H2,1-2H3,(H,15,18)(H3,14,16,17). The van der Waals surface area contributed by atoms with Gasteiger partial charge in [-0.1, -0.05) is 18.2 Å². The molecule has 0 atom stereocenters. The van der Waals surface area contributed by atoms with E-state index in [1.807, 2.05) is 24.3 Å². The maximum Gasteiger partial charge on any atom is 0.261 e. The number of nitrogens with zero attached hydrogens (tertiary/aromatic N) is 1. The molecule has 2 rings (SSSR count). The van der Waals surface area contributed by atoms with Gasteiger partial charge in [-0.2, -0.15) is 5.10 Å². The molecule has 2 aromatic rings. The average Bonchev–Trinajstić information content (AvgIpc) is 2.72. The van der Waals surface area contributed by atoms with Gasteiger partial charge in [0, 0.05) is 24.1 Å². The van der Waals surface area contributed by atoms with Crippen molar-refractivity contribution in [2.45, 2.75) is 13.5 Å². The monoisotopic (exact) mass is 260 g/mol. The molecule has 0 unspecified atom stereocenters. The third kappa shape index (κ3) is 2.74. The van der Waals surface area contributed by atoms with Crippen molar-refractivity contribution >= 4 is 17.4 Å². The molecule has 0 radical (unpaired) electrons. The topological polar surface area (TPSA) is 93.0 Å². The number of nitrogen functional groups attached to an aromatic ring is 1. The molecule has 0 aliphatic heterocycles. The first-order valence-corrected chi connectivity index (χ1v) is 5.82. The van der Waals surface area contributed by atoms with E-state index < -0.39 is 0 Å². The first-order valence-electron chi connectivity index (χ1n) is 5.82. The Kier molecular flexibility index (Phi) is 3.82. The Bertz CT molecular complexity index is 573. The number of carbonyl (C=O) groups excluding carboxylic acids is 1. The van der Waals surface area contributed by atoms with Crippen LogP contribution in [0.1, 0.15) is 21.6 Å². The van der Waals surface area contributed by atoms with Crippen LogP contribution in [0, 0.1) is 6.92 Å². The maximum absolute atomic E-state index is 12.2. The predicted molar refractivity (Wildman–Crippen MR) is 72.8 cm³/mol. The van der Waals surface area contributed by atoms with Crippen LogP contribution in [0.4, 0.5) is 11.5 Å². The molecule has 4 N–H and O–H groups in total. The minimum absolute atomic E-state index is 0.194. The fourth-order valence-corrected chi connectivity index (χ4v) is 1.84. The Morgan fingerprint density at radius 3 is 2.84 bits per heavy atom. The fraction of sp³-hybridized carbons (Fsp3) is 0.231. The number of aromatic amines is 1. The molecule has 6 heteroatoms. The number of aromatic nitrogens is 2. The third-order valence-corrected chi connectivity index (χ3v) is 2.77. The zero-order valence-electron chi connectivity index (χ0n) is 10.9. The SMILES string of the molecule is COCc1ccccc1NC(=O)c1c(N)n[nH]c1C. The van der Waals surface area contributed by atoms with Gasteiger partial charge in [-0.15, -0.1) is 0 Å². The lowest BCUT2D eigenvalue weighted by Gasteiger charge is -2.10. The van der Waals surface area contributed by atoms with Crippen molar-refractivity contribution in [1.29, 1.82) is 0 Å². The van der Waals surface area contributed by atoms with Crippen LogP contribution < -0.4 is 11.1 Å². The Morgan fingerprint density at radius 1 is 1.47 bits per heavy atom.